The maximum Gasteiger partial charge on any atom is 0.344 e. The van der Waals surface area contributed by atoms with Crippen molar-refractivity contribution in [2.75, 3.05) is 11.9 Å². The van der Waals surface area contributed by atoms with Gasteiger partial charge < -0.3 is 34.9 Å². The van der Waals surface area contributed by atoms with Gasteiger partial charge in [-0.05, 0) is 23.8 Å². The van der Waals surface area contributed by atoms with Crippen LogP contribution in [0.1, 0.15) is 0 Å². The molecule has 2 heterocycles. The van der Waals surface area contributed by atoms with E-state index < -0.39 is 42.9 Å². The number of anilines is 1. The number of benzene rings is 2. The molecule has 2 aromatic carbocycles. The van der Waals surface area contributed by atoms with E-state index in [0.29, 0.717) is 22.2 Å². The minimum atomic E-state index is -1.45. The molecule has 2 unspecified atom stereocenters. The van der Waals surface area contributed by atoms with Crippen LogP contribution in [0.4, 0.5) is 5.69 Å². The van der Waals surface area contributed by atoms with Crippen LogP contribution in [-0.2, 0) is 4.74 Å². The van der Waals surface area contributed by atoms with Crippen LogP contribution in [0, 0.1) is 0 Å². The summed E-state index contributed by atoms with van der Waals surface area (Å²) in [7, 11) is 0. The minimum absolute atomic E-state index is 0.328. The molecule has 3 aromatic rings. The Morgan fingerprint density at radius 2 is 1.72 bits per heavy atom. The van der Waals surface area contributed by atoms with Gasteiger partial charge in [0.05, 0.1) is 12.2 Å². The molecule has 0 bridgehead atoms. The number of ether oxygens (including phenoxy) is 1. The fourth-order valence-corrected chi connectivity index (χ4v) is 3.47. The first-order valence-corrected chi connectivity index (χ1v) is 9.18. The average molecular weight is 399 g/mol. The topological polar surface area (TPSA) is 132 Å². The van der Waals surface area contributed by atoms with Gasteiger partial charge in [-0.15, -0.1) is 0 Å². The Hall–Kier alpha value is -2.75. The molecule has 1 aliphatic rings. The quantitative estimate of drug-likeness (QED) is 0.405. The standard InChI is InChI=1S/C21H21NO7/c23-10-16-18(24)19(25)17(21(27)29-16)22-13-7-6-12-8-14(11-4-2-1-3-5-11)20(26)28-15(12)9-13/h1-9,16-19,21-25,27H,10H2/t16?,17?,18-,19-,21-/m1/s1. The Morgan fingerprint density at radius 1 is 0.966 bits per heavy atom. The van der Waals surface area contributed by atoms with E-state index in [4.69, 9.17) is 14.3 Å². The van der Waals surface area contributed by atoms with Gasteiger partial charge in [-0.1, -0.05) is 30.3 Å². The van der Waals surface area contributed by atoms with Gasteiger partial charge in [-0.3, -0.25) is 0 Å². The van der Waals surface area contributed by atoms with E-state index in [9.17, 15) is 20.1 Å². The summed E-state index contributed by atoms with van der Waals surface area (Å²) >= 11 is 0. The molecule has 1 saturated heterocycles. The SMILES string of the molecule is O=c1oc2cc(NC3[C@H](O)OC(CO)[C@@H](O)[C@@H]3O)ccc2cc1-c1ccccc1. The van der Waals surface area contributed by atoms with E-state index in [-0.39, 0.29) is 0 Å². The van der Waals surface area contributed by atoms with Crippen LogP contribution in [-0.4, -0.2) is 57.7 Å². The second-order valence-corrected chi connectivity index (χ2v) is 6.97. The number of aliphatic hydroxyl groups excluding tert-OH is 4. The number of fused-ring (bicyclic) bond motifs is 1. The van der Waals surface area contributed by atoms with Crippen LogP contribution < -0.4 is 10.9 Å². The van der Waals surface area contributed by atoms with Gasteiger partial charge in [-0.2, -0.15) is 0 Å². The maximum absolute atomic E-state index is 12.4. The average Bonchev–Trinajstić information content (AvgIpc) is 2.73. The normalized spacial score (nSPS) is 27.1. The Kier molecular flexibility index (Phi) is 5.35. The predicted molar refractivity (Wildman–Crippen MR) is 105 cm³/mol. The van der Waals surface area contributed by atoms with Crippen LogP contribution in [0.2, 0.25) is 0 Å². The molecule has 8 nitrogen and oxygen atoms in total. The van der Waals surface area contributed by atoms with Gasteiger partial charge in [0.15, 0.2) is 6.29 Å². The summed E-state index contributed by atoms with van der Waals surface area (Å²) in [6, 6.07) is 14.9. The fraction of sp³-hybridized carbons (Fsp3) is 0.286. The van der Waals surface area contributed by atoms with Crippen molar-refractivity contribution in [3.63, 3.8) is 0 Å². The van der Waals surface area contributed by atoms with Crippen molar-refractivity contribution < 1.29 is 29.6 Å². The van der Waals surface area contributed by atoms with Gasteiger partial charge in [0.25, 0.3) is 0 Å². The van der Waals surface area contributed by atoms with Gasteiger partial charge >= 0.3 is 5.63 Å². The maximum atomic E-state index is 12.4. The Labute approximate surface area is 165 Å². The Bertz CT molecular complexity index is 1050. The number of aliphatic hydroxyl groups is 4. The van der Waals surface area contributed by atoms with Crippen molar-refractivity contribution in [2.45, 2.75) is 30.6 Å². The third-order valence-electron chi connectivity index (χ3n) is 5.05. The third-order valence-corrected chi connectivity index (χ3v) is 5.05. The van der Waals surface area contributed by atoms with E-state index in [1.807, 2.05) is 30.3 Å². The summed E-state index contributed by atoms with van der Waals surface area (Å²) in [5.74, 6) is 0. The third kappa shape index (κ3) is 3.76. The molecule has 8 heteroatoms. The highest BCUT2D eigenvalue weighted by molar-refractivity contribution is 5.84. The van der Waals surface area contributed by atoms with Gasteiger partial charge in [0, 0.05) is 17.1 Å². The molecular formula is C21H21NO7. The Balaban J connectivity index is 1.62. The lowest BCUT2D eigenvalue weighted by Gasteiger charge is -2.40. The van der Waals surface area contributed by atoms with Crippen molar-refractivity contribution in [1.29, 1.82) is 0 Å². The van der Waals surface area contributed by atoms with Crippen molar-refractivity contribution in [1.82, 2.24) is 0 Å². The van der Waals surface area contributed by atoms with Gasteiger partial charge in [-0.25, -0.2) is 4.79 Å². The molecule has 29 heavy (non-hydrogen) atoms. The lowest BCUT2D eigenvalue weighted by molar-refractivity contribution is -0.245. The first-order valence-electron chi connectivity index (χ1n) is 9.18. The number of hydrogen-bond acceptors (Lipinski definition) is 8. The summed E-state index contributed by atoms with van der Waals surface area (Å²) in [5.41, 5.74) is 1.50. The lowest BCUT2D eigenvalue weighted by Crippen LogP contribution is -2.61. The number of hydrogen-bond donors (Lipinski definition) is 5. The summed E-state index contributed by atoms with van der Waals surface area (Å²) in [4.78, 5) is 12.4. The van der Waals surface area contributed by atoms with Crippen molar-refractivity contribution in [3.8, 4) is 11.1 Å². The van der Waals surface area contributed by atoms with E-state index in [0.717, 1.165) is 5.56 Å². The molecule has 4 rings (SSSR count). The predicted octanol–water partition coefficient (Wildman–Crippen LogP) is 0.672. The summed E-state index contributed by atoms with van der Waals surface area (Å²) in [6.45, 7) is -0.535. The first-order chi connectivity index (χ1) is 14.0. The highest BCUT2D eigenvalue weighted by Gasteiger charge is 2.43. The van der Waals surface area contributed by atoms with Crippen molar-refractivity contribution in [3.05, 3.63) is 65.0 Å². The van der Waals surface area contributed by atoms with Gasteiger partial charge in [0.2, 0.25) is 0 Å². The summed E-state index contributed by atoms with van der Waals surface area (Å²) in [6.07, 6.45) is -5.27. The largest absolute Gasteiger partial charge is 0.422 e. The van der Waals surface area contributed by atoms with Crippen molar-refractivity contribution in [2.24, 2.45) is 0 Å². The van der Waals surface area contributed by atoms with E-state index in [1.165, 1.54) is 0 Å². The molecule has 1 fully saturated rings. The molecule has 0 aliphatic carbocycles. The van der Waals surface area contributed by atoms with E-state index >= 15 is 0 Å². The molecule has 0 spiro atoms. The second kappa shape index (κ2) is 7.94. The molecule has 0 saturated carbocycles. The van der Waals surface area contributed by atoms with Crippen LogP contribution >= 0.6 is 0 Å². The van der Waals surface area contributed by atoms with Crippen LogP contribution in [0.25, 0.3) is 22.1 Å². The molecule has 0 amide bonds. The molecule has 5 atom stereocenters. The molecule has 1 aromatic heterocycles. The molecule has 152 valence electrons. The molecule has 0 radical (unpaired) electrons. The van der Waals surface area contributed by atoms with E-state index in [2.05, 4.69) is 5.32 Å². The smallest absolute Gasteiger partial charge is 0.344 e. The fourth-order valence-electron chi connectivity index (χ4n) is 3.47. The summed E-state index contributed by atoms with van der Waals surface area (Å²) < 4.78 is 10.6. The van der Waals surface area contributed by atoms with Crippen LogP contribution in [0.5, 0.6) is 0 Å². The molecule has 5 N–H and O–H groups in total. The van der Waals surface area contributed by atoms with Crippen LogP contribution in [0.15, 0.2) is 63.8 Å². The van der Waals surface area contributed by atoms with Crippen LogP contribution in [0.3, 0.4) is 0 Å². The number of rotatable bonds is 4. The molecule has 1 aliphatic heterocycles. The second-order valence-electron chi connectivity index (χ2n) is 6.97. The minimum Gasteiger partial charge on any atom is -0.422 e. The van der Waals surface area contributed by atoms with E-state index in [1.54, 1.807) is 24.3 Å². The first kappa shape index (κ1) is 19.6. The lowest BCUT2D eigenvalue weighted by atomic mass is 9.97. The monoisotopic (exact) mass is 399 g/mol. The highest BCUT2D eigenvalue weighted by atomic mass is 16.6. The zero-order chi connectivity index (χ0) is 20.5. The van der Waals surface area contributed by atoms with Crippen molar-refractivity contribution >= 4 is 16.7 Å². The zero-order valence-electron chi connectivity index (χ0n) is 15.3. The number of nitrogens with one attached hydrogen (secondary N) is 1. The summed E-state index contributed by atoms with van der Waals surface area (Å²) in [5, 5.41) is 43.1. The van der Waals surface area contributed by atoms with Gasteiger partial charge in [0.1, 0.15) is 29.9 Å². The highest BCUT2D eigenvalue weighted by Crippen LogP contribution is 2.26. The zero-order valence-corrected chi connectivity index (χ0v) is 15.3. The Morgan fingerprint density at radius 3 is 2.45 bits per heavy atom. The molecular weight excluding hydrogens is 378 g/mol.